The summed E-state index contributed by atoms with van der Waals surface area (Å²) in [6.45, 7) is 5.07. The van der Waals surface area contributed by atoms with Crippen molar-refractivity contribution < 1.29 is 18.0 Å². The molecular weight excluding hydrogens is 317 g/mol. The Labute approximate surface area is 138 Å². The van der Waals surface area contributed by atoms with E-state index in [-0.39, 0.29) is 12.0 Å². The Hall–Kier alpha value is -2.08. The third-order valence-electron chi connectivity index (χ3n) is 4.47. The van der Waals surface area contributed by atoms with Gasteiger partial charge in [-0.15, -0.1) is 0 Å². The Balaban J connectivity index is 2.16. The van der Waals surface area contributed by atoms with Crippen LogP contribution in [0.3, 0.4) is 0 Å². The van der Waals surface area contributed by atoms with E-state index in [0.29, 0.717) is 0 Å². The Morgan fingerprint density at radius 2 is 1.88 bits per heavy atom. The van der Waals surface area contributed by atoms with Gasteiger partial charge in [0.2, 0.25) is 5.91 Å². The molecule has 0 bridgehead atoms. The summed E-state index contributed by atoms with van der Waals surface area (Å²) in [4.78, 5) is 11.7. The summed E-state index contributed by atoms with van der Waals surface area (Å²) in [6, 6.07) is 8.57. The van der Waals surface area contributed by atoms with Crippen LogP contribution < -0.4 is 5.43 Å². The fourth-order valence-electron chi connectivity index (χ4n) is 3.39. The molecule has 0 spiro atoms. The molecule has 1 amide bonds. The van der Waals surface area contributed by atoms with E-state index in [1.165, 1.54) is 0 Å². The van der Waals surface area contributed by atoms with Crippen molar-refractivity contribution >= 4 is 16.7 Å². The lowest BCUT2D eigenvalue weighted by atomic mass is 9.94. The quantitative estimate of drug-likeness (QED) is 0.888. The number of fused-ring (bicyclic) bond motifs is 1. The number of amides is 1. The van der Waals surface area contributed by atoms with Crippen LogP contribution in [0.4, 0.5) is 13.2 Å². The SMILES string of the molecule is Cc1cc(C(N2NC(=O)CC2(C)C)C(F)(F)F)cc2ccccc12. The number of alkyl halides is 3. The summed E-state index contributed by atoms with van der Waals surface area (Å²) in [5.41, 5.74) is 2.38. The highest BCUT2D eigenvalue weighted by Gasteiger charge is 2.53. The fourth-order valence-corrected chi connectivity index (χ4v) is 3.39. The Bertz CT molecular complexity index is 798. The van der Waals surface area contributed by atoms with Gasteiger partial charge in [-0.25, -0.2) is 0 Å². The monoisotopic (exact) mass is 336 g/mol. The fraction of sp³-hybridized carbons (Fsp3) is 0.389. The molecule has 1 unspecified atom stereocenters. The van der Waals surface area contributed by atoms with Crippen LogP contribution in [0.15, 0.2) is 36.4 Å². The Morgan fingerprint density at radius 3 is 2.46 bits per heavy atom. The maximum Gasteiger partial charge on any atom is 0.409 e. The van der Waals surface area contributed by atoms with Crippen LogP contribution >= 0.6 is 0 Å². The zero-order chi connectivity index (χ0) is 17.7. The number of hydrazine groups is 1. The number of hydrogen-bond donors (Lipinski definition) is 1. The molecule has 6 heteroatoms. The first kappa shape index (κ1) is 16.8. The van der Waals surface area contributed by atoms with Gasteiger partial charge in [-0.3, -0.25) is 10.2 Å². The minimum absolute atomic E-state index is 0.0339. The summed E-state index contributed by atoms with van der Waals surface area (Å²) >= 11 is 0. The molecule has 0 aliphatic carbocycles. The topological polar surface area (TPSA) is 32.3 Å². The second kappa shape index (κ2) is 5.48. The number of carbonyl (C=O) groups excluding carboxylic acids is 1. The van der Waals surface area contributed by atoms with Gasteiger partial charge in [0.1, 0.15) is 0 Å². The molecule has 3 rings (SSSR count). The number of aryl methyl sites for hydroxylation is 1. The van der Waals surface area contributed by atoms with E-state index in [1.54, 1.807) is 45.0 Å². The van der Waals surface area contributed by atoms with Crippen molar-refractivity contribution in [2.45, 2.75) is 44.9 Å². The molecule has 1 fully saturated rings. The van der Waals surface area contributed by atoms with Crippen LogP contribution in [-0.4, -0.2) is 22.6 Å². The number of nitrogens with zero attached hydrogens (tertiary/aromatic N) is 1. The molecule has 1 atom stereocenters. The lowest BCUT2D eigenvalue weighted by Crippen LogP contribution is -2.51. The molecule has 0 radical (unpaired) electrons. The second-order valence-corrected chi connectivity index (χ2v) is 6.90. The van der Waals surface area contributed by atoms with Gasteiger partial charge in [0.15, 0.2) is 6.04 Å². The summed E-state index contributed by atoms with van der Waals surface area (Å²) in [6.07, 6.45) is -4.48. The van der Waals surface area contributed by atoms with Crippen LogP contribution in [0.25, 0.3) is 10.8 Å². The smallest absolute Gasteiger partial charge is 0.287 e. The van der Waals surface area contributed by atoms with Crippen molar-refractivity contribution in [3.63, 3.8) is 0 Å². The standard InChI is InChI=1S/C18H19F3N2O/c1-11-8-13(9-12-6-4-5-7-14(11)12)16(18(19,20)21)23-17(2,3)10-15(24)22-23/h4-9,16H,10H2,1-3H3,(H,22,24). The van der Waals surface area contributed by atoms with E-state index in [4.69, 9.17) is 0 Å². The van der Waals surface area contributed by atoms with Gasteiger partial charge in [0, 0.05) is 12.0 Å². The average molecular weight is 336 g/mol. The molecule has 1 aliphatic rings. The van der Waals surface area contributed by atoms with E-state index in [0.717, 1.165) is 21.3 Å². The van der Waals surface area contributed by atoms with Gasteiger partial charge < -0.3 is 0 Å². The highest BCUT2D eigenvalue weighted by Crippen LogP contribution is 2.43. The maximum absolute atomic E-state index is 13.9. The van der Waals surface area contributed by atoms with Gasteiger partial charge in [0.25, 0.3) is 0 Å². The predicted molar refractivity (Wildman–Crippen MR) is 86.2 cm³/mol. The van der Waals surface area contributed by atoms with Gasteiger partial charge in [-0.05, 0) is 48.7 Å². The Morgan fingerprint density at radius 1 is 1.21 bits per heavy atom. The molecule has 2 aromatic carbocycles. The van der Waals surface area contributed by atoms with Crippen molar-refractivity contribution in [2.24, 2.45) is 0 Å². The molecule has 1 aliphatic heterocycles. The van der Waals surface area contributed by atoms with Crippen LogP contribution in [-0.2, 0) is 4.79 Å². The zero-order valence-electron chi connectivity index (χ0n) is 13.7. The normalized spacial score (nSPS) is 19.5. The van der Waals surface area contributed by atoms with Crippen molar-refractivity contribution in [1.29, 1.82) is 0 Å². The molecule has 1 N–H and O–H groups in total. The van der Waals surface area contributed by atoms with E-state index >= 15 is 0 Å². The number of benzene rings is 2. The molecule has 2 aromatic rings. The molecular formula is C18H19F3N2O. The number of carbonyl (C=O) groups is 1. The number of hydrogen-bond acceptors (Lipinski definition) is 2. The zero-order valence-corrected chi connectivity index (χ0v) is 13.7. The summed E-state index contributed by atoms with van der Waals surface area (Å²) in [7, 11) is 0. The van der Waals surface area contributed by atoms with E-state index in [2.05, 4.69) is 5.43 Å². The second-order valence-electron chi connectivity index (χ2n) is 6.90. The van der Waals surface area contributed by atoms with Gasteiger partial charge in [-0.1, -0.05) is 30.3 Å². The molecule has 1 saturated heterocycles. The van der Waals surface area contributed by atoms with E-state index in [1.807, 2.05) is 12.1 Å². The maximum atomic E-state index is 13.9. The largest absolute Gasteiger partial charge is 0.409 e. The van der Waals surface area contributed by atoms with Crippen LogP contribution in [0.1, 0.15) is 37.4 Å². The van der Waals surface area contributed by atoms with E-state index < -0.39 is 23.7 Å². The van der Waals surface area contributed by atoms with E-state index in [9.17, 15) is 18.0 Å². The summed E-state index contributed by atoms with van der Waals surface area (Å²) in [5.74, 6) is -0.397. The number of rotatable bonds is 2. The summed E-state index contributed by atoms with van der Waals surface area (Å²) in [5, 5.41) is 2.72. The molecule has 3 nitrogen and oxygen atoms in total. The van der Waals surface area contributed by atoms with Crippen molar-refractivity contribution in [1.82, 2.24) is 10.4 Å². The first-order valence-electron chi connectivity index (χ1n) is 7.74. The predicted octanol–water partition coefficient (Wildman–Crippen LogP) is 4.27. The van der Waals surface area contributed by atoms with Crippen LogP contribution in [0, 0.1) is 6.92 Å². The number of halogens is 3. The minimum atomic E-state index is -4.51. The first-order chi connectivity index (χ1) is 11.1. The first-order valence-corrected chi connectivity index (χ1v) is 7.74. The third-order valence-corrected chi connectivity index (χ3v) is 4.47. The molecule has 128 valence electrons. The molecule has 24 heavy (non-hydrogen) atoms. The van der Waals surface area contributed by atoms with Crippen molar-refractivity contribution in [3.8, 4) is 0 Å². The molecule has 0 saturated carbocycles. The average Bonchev–Trinajstić information content (AvgIpc) is 2.70. The summed E-state index contributed by atoms with van der Waals surface area (Å²) < 4.78 is 41.6. The van der Waals surface area contributed by atoms with Crippen LogP contribution in [0.5, 0.6) is 0 Å². The van der Waals surface area contributed by atoms with Gasteiger partial charge in [0.05, 0.1) is 0 Å². The van der Waals surface area contributed by atoms with Gasteiger partial charge >= 0.3 is 6.18 Å². The lowest BCUT2D eigenvalue weighted by Gasteiger charge is -2.38. The van der Waals surface area contributed by atoms with Crippen LogP contribution in [0.2, 0.25) is 0 Å². The lowest BCUT2D eigenvalue weighted by molar-refractivity contribution is -0.203. The molecule has 1 heterocycles. The van der Waals surface area contributed by atoms with Crippen molar-refractivity contribution in [2.75, 3.05) is 0 Å². The van der Waals surface area contributed by atoms with Crippen molar-refractivity contribution in [3.05, 3.63) is 47.5 Å². The number of nitrogens with one attached hydrogen (secondary N) is 1. The highest BCUT2D eigenvalue weighted by atomic mass is 19.4. The Kier molecular flexibility index (Phi) is 3.83. The molecule has 0 aromatic heterocycles. The van der Waals surface area contributed by atoms with Gasteiger partial charge in [-0.2, -0.15) is 18.2 Å². The minimum Gasteiger partial charge on any atom is -0.287 e. The third kappa shape index (κ3) is 2.86. The highest BCUT2D eigenvalue weighted by molar-refractivity contribution is 5.86.